The summed E-state index contributed by atoms with van der Waals surface area (Å²) in [6.07, 6.45) is 1.37. The number of hydrogen-bond donors (Lipinski definition) is 1. The second-order valence-corrected chi connectivity index (χ2v) is 6.62. The Hall–Kier alpha value is -3.12. The molecule has 0 saturated heterocycles. The van der Waals surface area contributed by atoms with E-state index in [2.05, 4.69) is 10.3 Å². The molecule has 3 rings (SSSR count). The zero-order valence-electron chi connectivity index (χ0n) is 15.6. The first-order chi connectivity index (χ1) is 13.5. The number of aromatic nitrogens is 2. The number of nitrogens with one attached hydrogen (secondary N) is 1. The van der Waals surface area contributed by atoms with Gasteiger partial charge in [-0.15, -0.1) is 0 Å². The molecule has 144 valence electrons. The molecule has 1 heterocycles. The number of benzene rings is 2. The third-order valence-corrected chi connectivity index (χ3v) is 4.52. The Morgan fingerprint density at radius 3 is 2.57 bits per heavy atom. The van der Waals surface area contributed by atoms with E-state index in [1.54, 1.807) is 12.1 Å². The van der Waals surface area contributed by atoms with Crippen molar-refractivity contribution < 1.29 is 9.53 Å². The van der Waals surface area contributed by atoms with Crippen LogP contribution in [0, 0.1) is 6.92 Å². The highest BCUT2D eigenvalue weighted by Gasteiger charge is 2.09. The minimum absolute atomic E-state index is 0.138. The van der Waals surface area contributed by atoms with Gasteiger partial charge in [-0.05, 0) is 55.8 Å². The van der Waals surface area contributed by atoms with E-state index < -0.39 is 0 Å². The maximum atomic E-state index is 12.4. The van der Waals surface area contributed by atoms with Crippen molar-refractivity contribution >= 4 is 23.2 Å². The van der Waals surface area contributed by atoms with Crippen molar-refractivity contribution in [3.05, 3.63) is 75.8 Å². The Labute approximate surface area is 167 Å². The fourth-order valence-corrected chi connectivity index (χ4v) is 2.80. The lowest BCUT2D eigenvalue weighted by molar-refractivity contribution is -0.116. The van der Waals surface area contributed by atoms with E-state index in [0.29, 0.717) is 23.0 Å². The molecule has 1 amide bonds. The molecule has 0 aliphatic carbocycles. The molecule has 0 unspecified atom stereocenters. The molecule has 0 spiro atoms. The number of carbonyl (C=O) groups is 1. The standard InChI is InChI=1S/C21H20ClN3O3/c1-3-28-17-8-5-15(6-9-17)19-11-21(27)25(13-23-19)12-20(26)24-16-7-4-14(2)18(22)10-16/h4-11,13H,3,12H2,1-2H3,(H,24,26). The van der Waals surface area contributed by atoms with Gasteiger partial charge >= 0.3 is 0 Å². The van der Waals surface area contributed by atoms with Crippen LogP contribution in [0.2, 0.25) is 5.02 Å². The molecule has 1 aromatic heterocycles. The molecule has 0 aliphatic heterocycles. The van der Waals surface area contributed by atoms with Gasteiger partial charge in [-0.3, -0.25) is 14.2 Å². The van der Waals surface area contributed by atoms with E-state index in [1.807, 2.05) is 44.2 Å². The summed E-state index contributed by atoms with van der Waals surface area (Å²) >= 11 is 6.06. The Kier molecular flexibility index (Phi) is 6.11. The largest absolute Gasteiger partial charge is 0.494 e. The topological polar surface area (TPSA) is 73.2 Å². The Morgan fingerprint density at radius 1 is 1.18 bits per heavy atom. The number of nitrogens with zero attached hydrogens (tertiary/aromatic N) is 2. The van der Waals surface area contributed by atoms with E-state index in [-0.39, 0.29) is 18.0 Å². The predicted molar refractivity (Wildman–Crippen MR) is 110 cm³/mol. The molecular formula is C21H20ClN3O3. The van der Waals surface area contributed by atoms with Gasteiger partial charge in [-0.25, -0.2) is 4.98 Å². The summed E-state index contributed by atoms with van der Waals surface area (Å²) in [6, 6.07) is 14.0. The van der Waals surface area contributed by atoms with Gasteiger partial charge in [0, 0.05) is 22.3 Å². The van der Waals surface area contributed by atoms with Gasteiger partial charge in [0.25, 0.3) is 5.56 Å². The number of ether oxygens (including phenoxy) is 1. The zero-order valence-corrected chi connectivity index (χ0v) is 16.4. The lowest BCUT2D eigenvalue weighted by atomic mass is 10.1. The molecule has 2 aromatic carbocycles. The van der Waals surface area contributed by atoms with Crippen molar-refractivity contribution in [3.8, 4) is 17.0 Å². The van der Waals surface area contributed by atoms with Gasteiger partial charge in [0.1, 0.15) is 12.3 Å². The van der Waals surface area contributed by atoms with Crippen LogP contribution < -0.4 is 15.6 Å². The highest BCUT2D eigenvalue weighted by Crippen LogP contribution is 2.21. The van der Waals surface area contributed by atoms with Crippen molar-refractivity contribution in [1.82, 2.24) is 9.55 Å². The fourth-order valence-electron chi connectivity index (χ4n) is 2.62. The van der Waals surface area contributed by atoms with Crippen LogP contribution in [-0.4, -0.2) is 22.1 Å². The minimum atomic E-state index is -0.336. The number of hydrogen-bond acceptors (Lipinski definition) is 4. The Bertz CT molecular complexity index is 1050. The normalized spacial score (nSPS) is 10.5. The average molecular weight is 398 g/mol. The number of rotatable bonds is 6. The maximum absolute atomic E-state index is 12.4. The van der Waals surface area contributed by atoms with Gasteiger partial charge in [0.2, 0.25) is 5.91 Å². The van der Waals surface area contributed by atoms with Gasteiger partial charge < -0.3 is 10.1 Å². The van der Waals surface area contributed by atoms with E-state index >= 15 is 0 Å². The van der Waals surface area contributed by atoms with Crippen molar-refractivity contribution in [3.63, 3.8) is 0 Å². The highest BCUT2D eigenvalue weighted by molar-refractivity contribution is 6.31. The van der Waals surface area contributed by atoms with E-state index in [0.717, 1.165) is 16.9 Å². The minimum Gasteiger partial charge on any atom is -0.494 e. The van der Waals surface area contributed by atoms with Gasteiger partial charge in [0.05, 0.1) is 18.6 Å². The van der Waals surface area contributed by atoms with Crippen LogP contribution in [0.5, 0.6) is 5.75 Å². The molecule has 0 radical (unpaired) electrons. The van der Waals surface area contributed by atoms with Crippen molar-refractivity contribution in [2.75, 3.05) is 11.9 Å². The van der Waals surface area contributed by atoms with Crippen LogP contribution in [0.4, 0.5) is 5.69 Å². The zero-order chi connectivity index (χ0) is 20.1. The van der Waals surface area contributed by atoms with Crippen LogP contribution in [0.1, 0.15) is 12.5 Å². The van der Waals surface area contributed by atoms with Gasteiger partial charge in [0.15, 0.2) is 0 Å². The molecule has 0 saturated carbocycles. The maximum Gasteiger partial charge on any atom is 0.254 e. The van der Waals surface area contributed by atoms with Gasteiger partial charge in [-0.1, -0.05) is 17.7 Å². The molecule has 7 heteroatoms. The summed E-state index contributed by atoms with van der Waals surface area (Å²) < 4.78 is 6.66. The summed E-state index contributed by atoms with van der Waals surface area (Å²) in [5.74, 6) is 0.421. The second-order valence-electron chi connectivity index (χ2n) is 6.21. The average Bonchev–Trinajstić information content (AvgIpc) is 2.67. The number of aryl methyl sites for hydroxylation is 1. The van der Waals surface area contributed by atoms with E-state index in [1.165, 1.54) is 17.0 Å². The third kappa shape index (κ3) is 4.78. The summed E-state index contributed by atoms with van der Waals surface area (Å²) in [5, 5.41) is 3.29. The highest BCUT2D eigenvalue weighted by atomic mass is 35.5. The monoisotopic (exact) mass is 397 g/mol. The number of amides is 1. The van der Waals surface area contributed by atoms with Crippen LogP contribution >= 0.6 is 11.6 Å². The molecule has 0 atom stereocenters. The Balaban J connectivity index is 1.70. The first-order valence-electron chi connectivity index (χ1n) is 8.82. The number of carbonyl (C=O) groups excluding carboxylic acids is 1. The first kappa shape index (κ1) is 19.6. The summed E-state index contributed by atoms with van der Waals surface area (Å²) in [4.78, 5) is 28.9. The van der Waals surface area contributed by atoms with Crippen molar-refractivity contribution in [1.29, 1.82) is 0 Å². The van der Waals surface area contributed by atoms with Crippen LogP contribution in [-0.2, 0) is 11.3 Å². The Morgan fingerprint density at radius 2 is 1.93 bits per heavy atom. The predicted octanol–water partition coefficient (Wildman–Crippen LogP) is 3.91. The molecular weight excluding hydrogens is 378 g/mol. The molecule has 0 aliphatic rings. The van der Waals surface area contributed by atoms with Crippen LogP contribution in [0.15, 0.2) is 59.7 Å². The second kappa shape index (κ2) is 8.71. The lowest BCUT2D eigenvalue weighted by Gasteiger charge is -2.09. The fraction of sp³-hybridized carbons (Fsp3) is 0.190. The van der Waals surface area contributed by atoms with Crippen molar-refractivity contribution in [2.45, 2.75) is 20.4 Å². The molecule has 3 aromatic rings. The summed E-state index contributed by atoms with van der Waals surface area (Å²) in [6.45, 7) is 4.25. The van der Waals surface area contributed by atoms with Crippen molar-refractivity contribution in [2.24, 2.45) is 0 Å². The number of anilines is 1. The van der Waals surface area contributed by atoms with Crippen LogP contribution in [0.3, 0.4) is 0 Å². The molecule has 0 bridgehead atoms. The van der Waals surface area contributed by atoms with E-state index in [4.69, 9.17) is 16.3 Å². The lowest BCUT2D eigenvalue weighted by Crippen LogP contribution is -2.27. The molecule has 1 N–H and O–H groups in total. The third-order valence-electron chi connectivity index (χ3n) is 4.11. The summed E-state index contributed by atoms with van der Waals surface area (Å²) in [5.41, 5.74) is 2.52. The number of halogens is 1. The van der Waals surface area contributed by atoms with Crippen LogP contribution in [0.25, 0.3) is 11.3 Å². The quantitative estimate of drug-likeness (QED) is 0.684. The summed E-state index contributed by atoms with van der Waals surface area (Å²) in [7, 11) is 0. The molecule has 0 fully saturated rings. The first-order valence-corrected chi connectivity index (χ1v) is 9.20. The van der Waals surface area contributed by atoms with Gasteiger partial charge in [-0.2, -0.15) is 0 Å². The molecule has 6 nitrogen and oxygen atoms in total. The van der Waals surface area contributed by atoms with E-state index in [9.17, 15) is 9.59 Å². The smallest absolute Gasteiger partial charge is 0.254 e. The molecule has 28 heavy (non-hydrogen) atoms. The SMILES string of the molecule is CCOc1ccc(-c2cc(=O)n(CC(=O)Nc3ccc(C)c(Cl)c3)cn2)cc1.